The lowest BCUT2D eigenvalue weighted by Crippen LogP contribution is -2.54. The van der Waals surface area contributed by atoms with E-state index in [-0.39, 0.29) is 26.4 Å². The quantitative estimate of drug-likeness (QED) is 0.0676. The van der Waals surface area contributed by atoms with E-state index in [0.717, 1.165) is 60.2 Å². The molecule has 0 spiro atoms. The number of guanidine groups is 2. The van der Waals surface area contributed by atoms with Crippen molar-refractivity contribution in [3.63, 3.8) is 0 Å². The SMILES string of the molecule is CN1CN=C(Nc2cccc(OC[C@H](O)CO)c2)N=C1N1CCN(c2ncc(Cc3ccc(-c4ccccc4Cc4cnc(N5CCN(c6ncnc(Nc7ccc(OC[C@H](O)CO)cc7)n6)CC5)nc4)cc3)cn2)CC1. The second kappa shape index (κ2) is 24.8. The van der Waals surface area contributed by atoms with Gasteiger partial charge in [0, 0.05) is 114 Å². The number of rotatable bonds is 19. The molecule has 3 aliphatic rings. The third-order valence-corrected chi connectivity index (χ3v) is 13.2. The summed E-state index contributed by atoms with van der Waals surface area (Å²) in [5, 5.41) is 43.8. The molecule has 0 amide bonds. The van der Waals surface area contributed by atoms with Gasteiger partial charge in [0.05, 0.1) is 13.2 Å². The molecule has 2 atom stereocenters. The van der Waals surface area contributed by atoms with Crippen LogP contribution in [-0.4, -0.2) is 182 Å². The van der Waals surface area contributed by atoms with Crippen LogP contribution in [0.4, 0.5) is 35.2 Å². The molecule has 0 unspecified atom stereocenters. The number of hydrogen-bond donors (Lipinski definition) is 6. The lowest BCUT2D eigenvalue weighted by Gasteiger charge is -2.39. The molecule has 3 aromatic heterocycles. The monoisotopic (exact) mass is 1040 g/mol. The summed E-state index contributed by atoms with van der Waals surface area (Å²) >= 11 is 0. The Bertz CT molecular complexity index is 3080. The van der Waals surface area contributed by atoms with Crippen LogP contribution in [0.15, 0.2) is 138 Å². The first-order valence-corrected chi connectivity index (χ1v) is 25.6. The van der Waals surface area contributed by atoms with E-state index in [1.807, 2.05) is 61.0 Å². The number of aliphatic hydroxyl groups excluding tert-OH is 4. The molecule has 398 valence electrons. The zero-order valence-corrected chi connectivity index (χ0v) is 42.8. The second-order valence-electron chi connectivity index (χ2n) is 18.9. The minimum Gasteiger partial charge on any atom is -0.491 e. The highest BCUT2D eigenvalue weighted by atomic mass is 16.5. The average Bonchev–Trinajstić information content (AvgIpc) is 3.48. The van der Waals surface area contributed by atoms with Crippen molar-refractivity contribution in [2.24, 2.45) is 9.98 Å². The van der Waals surface area contributed by atoms with Crippen molar-refractivity contribution in [3.05, 3.63) is 150 Å². The number of anilines is 6. The number of aliphatic hydroxyl groups is 4. The maximum atomic E-state index is 9.65. The standard InChI is InChI=1S/C55H62N16O6/c1-67-37-62-51(64-44-6-4-7-48(27-44)77-35-46(75)33-73)66-55(67)71-23-21-69(22-24-71)52-56-28-39(29-57-52)25-38-9-11-41(12-10-38)49-8-3-2-5-42(49)26-40-30-58-53(59-31-40)68-17-19-70(20-18-68)54-61-36-60-50(65-54)63-43-13-15-47(16-14-43)76-34-45(74)32-72/h2-16,27-31,36,45-46,72-75H,17-26,32-35,37H2,1H3,(H,62,64)(H,60,61,63,65)/t45-,46-/m1/s1. The van der Waals surface area contributed by atoms with Crippen LogP contribution in [0.25, 0.3) is 11.1 Å². The Morgan fingerprint density at radius 3 is 1.81 bits per heavy atom. The molecule has 3 aliphatic heterocycles. The molecular weight excluding hydrogens is 981 g/mol. The predicted octanol–water partition coefficient (Wildman–Crippen LogP) is 3.68. The lowest BCUT2D eigenvalue weighted by molar-refractivity contribution is 0.0536. The number of piperazine rings is 2. The van der Waals surface area contributed by atoms with Gasteiger partial charge < -0.3 is 65.0 Å². The van der Waals surface area contributed by atoms with Crippen LogP contribution in [0.5, 0.6) is 11.5 Å². The van der Waals surface area contributed by atoms with Crippen LogP contribution in [0.1, 0.15) is 22.3 Å². The number of nitrogens with zero attached hydrogens (tertiary/aromatic N) is 14. The summed E-state index contributed by atoms with van der Waals surface area (Å²) in [4.78, 5) is 52.8. The summed E-state index contributed by atoms with van der Waals surface area (Å²) in [5.41, 5.74) is 8.27. The Morgan fingerprint density at radius 2 is 1.16 bits per heavy atom. The number of hydrogen-bond acceptors (Lipinski definition) is 22. The van der Waals surface area contributed by atoms with E-state index in [2.05, 4.69) is 98.7 Å². The van der Waals surface area contributed by atoms with Crippen molar-refractivity contribution < 1.29 is 29.9 Å². The Morgan fingerprint density at radius 1 is 0.558 bits per heavy atom. The smallest absolute Gasteiger partial charge is 0.231 e. The maximum Gasteiger partial charge on any atom is 0.231 e. The van der Waals surface area contributed by atoms with Gasteiger partial charge in [0.2, 0.25) is 35.7 Å². The first kappa shape index (κ1) is 51.9. The maximum absolute atomic E-state index is 9.65. The first-order valence-electron chi connectivity index (χ1n) is 25.6. The molecule has 6 N–H and O–H groups in total. The minimum absolute atomic E-state index is 0.00490. The molecule has 6 heterocycles. The van der Waals surface area contributed by atoms with Gasteiger partial charge in [-0.05, 0) is 69.8 Å². The third kappa shape index (κ3) is 13.6. The van der Waals surface area contributed by atoms with Crippen LogP contribution in [0.2, 0.25) is 0 Å². The van der Waals surface area contributed by atoms with Gasteiger partial charge in [-0.15, -0.1) is 0 Å². The molecule has 77 heavy (non-hydrogen) atoms. The van der Waals surface area contributed by atoms with E-state index in [0.29, 0.717) is 86.9 Å². The largest absolute Gasteiger partial charge is 0.491 e. The van der Waals surface area contributed by atoms with Crippen molar-refractivity contribution in [3.8, 4) is 22.6 Å². The van der Waals surface area contributed by atoms with Gasteiger partial charge in [0.15, 0.2) is 0 Å². The van der Waals surface area contributed by atoms with Crippen molar-refractivity contribution in [2.75, 3.05) is 118 Å². The van der Waals surface area contributed by atoms with E-state index in [1.165, 1.54) is 23.0 Å². The van der Waals surface area contributed by atoms with E-state index in [1.54, 1.807) is 24.3 Å². The summed E-state index contributed by atoms with van der Waals surface area (Å²) in [6.45, 7) is 5.53. The Labute approximate surface area is 446 Å². The summed E-state index contributed by atoms with van der Waals surface area (Å²) in [7, 11) is 1.98. The number of ether oxygens (including phenoxy) is 2. The predicted molar refractivity (Wildman–Crippen MR) is 294 cm³/mol. The summed E-state index contributed by atoms with van der Waals surface area (Å²) in [5.74, 6) is 4.89. The van der Waals surface area contributed by atoms with E-state index >= 15 is 0 Å². The molecule has 0 radical (unpaired) electrons. The second-order valence-corrected chi connectivity index (χ2v) is 18.9. The molecule has 2 saturated heterocycles. The summed E-state index contributed by atoms with van der Waals surface area (Å²) < 4.78 is 11.1. The fraction of sp³-hybridized carbons (Fsp3) is 0.327. The van der Waals surface area contributed by atoms with Gasteiger partial charge >= 0.3 is 0 Å². The summed E-state index contributed by atoms with van der Waals surface area (Å²) in [6.07, 6.45) is 8.74. The van der Waals surface area contributed by atoms with Crippen molar-refractivity contribution in [1.29, 1.82) is 0 Å². The van der Waals surface area contributed by atoms with Gasteiger partial charge in [0.1, 0.15) is 49.9 Å². The molecule has 0 bridgehead atoms. The lowest BCUT2D eigenvalue weighted by atomic mass is 9.94. The molecule has 2 fully saturated rings. The number of benzene rings is 4. The molecule has 10 rings (SSSR count). The van der Waals surface area contributed by atoms with Crippen molar-refractivity contribution >= 4 is 47.1 Å². The zero-order chi connectivity index (χ0) is 52.9. The molecule has 4 aromatic carbocycles. The molecule has 22 nitrogen and oxygen atoms in total. The Kier molecular flexibility index (Phi) is 16.7. The first-order chi connectivity index (χ1) is 37.7. The fourth-order valence-electron chi connectivity index (χ4n) is 9.01. The van der Waals surface area contributed by atoms with E-state index in [9.17, 15) is 10.2 Å². The van der Waals surface area contributed by atoms with Crippen LogP contribution in [0, 0.1) is 0 Å². The molecular formula is C55H62N16O6. The van der Waals surface area contributed by atoms with Crippen LogP contribution >= 0.6 is 0 Å². The molecule has 0 aliphatic carbocycles. The van der Waals surface area contributed by atoms with E-state index < -0.39 is 12.2 Å². The van der Waals surface area contributed by atoms with Gasteiger partial charge in [0.25, 0.3) is 0 Å². The highest BCUT2D eigenvalue weighted by molar-refractivity contribution is 6.03. The number of aliphatic imine (C=N–C) groups is 2. The van der Waals surface area contributed by atoms with E-state index in [4.69, 9.17) is 44.6 Å². The van der Waals surface area contributed by atoms with Gasteiger partial charge in [-0.3, -0.25) is 0 Å². The molecule has 22 heteroatoms. The van der Waals surface area contributed by atoms with Crippen LogP contribution in [0.3, 0.4) is 0 Å². The molecule has 7 aromatic rings. The fourth-order valence-corrected chi connectivity index (χ4v) is 9.01. The molecule has 0 saturated carbocycles. The van der Waals surface area contributed by atoms with Gasteiger partial charge in [-0.25, -0.2) is 34.9 Å². The average molecular weight is 1040 g/mol. The van der Waals surface area contributed by atoms with Gasteiger partial charge in [-0.1, -0.05) is 54.6 Å². The highest BCUT2D eigenvalue weighted by Gasteiger charge is 2.26. The summed E-state index contributed by atoms with van der Waals surface area (Å²) in [6, 6.07) is 31.7. The van der Waals surface area contributed by atoms with Gasteiger partial charge in [-0.2, -0.15) is 9.98 Å². The number of aromatic nitrogens is 7. The highest BCUT2D eigenvalue weighted by Crippen LogP contribution is 2.28. The van der Waals surface area contributed by atoms with Crippen molar-refractivity contribution in [1.82, 2.24) is 44.7 Å². The Balaban J connectivity index is 0.678. The number of nitrogens with one attached hydrogen (secondary N) is 2. The topological polar surface area (TPSA) is 255 Å². The van der Waals surface area contributed by atoms with Crippen LogP contribution in [-0.2, 0) is 12.8 Å². The zero-order valence-electron chi connectivity index (χ0n) is 42.8. The van der Waals surface area contributed by atoms with Crippen molar-refractivity contribution in [2.45, 2.75) is 25.0 Å². The third-order valence-electron chi connectivity index (χ3n) is 13.2. The van der Waals surface area contributed by atoms with Crippen LogP contribution < -0.4 is 34.8 Å². The minimum atomic E-state index is -0.945. The normalized spacial score (nSPS) is 15.6. The Hall–Kier alpha value is -8.57.